The van der Waals surface area contributed by atoms with Gasteiger partial charge in [-0.1, -0.05) is 6.07 Å². The lowest BCUT2D eigenvalue weighted by Crippen LogP contribution is -2.21. The second-order valence-electron chi connectivity index (χ2n) is 6.53. The normalized spacial score (nSPS) is 10.9. The number of carbonyl (C=O) groups is 2. The monoisotopic (exact) mass is 507 g/mol. The second kappa shape index (κ2) is 10.2. The Morgan fingerprint density at radius 2 is 1.94 bits per heavy atom. The van der Waals surface area contributed by atoms with Crippen LogP contribution >= 0.6 is 11.3 Å². The zero-order valence-corrected chi connectivity index (χ0v) is 19.0. The Morgan fingerprint density at radius 1 is 1.18 bits per heavy atom. The summed E-state index contributed by atoms with van der Waals surface area (Å²) < 4.78 is 36.8. The average Bonchev–Trinajstić information content (AvgIpc) is 3.35. The van der Waals surface area contributed by atoms with E-state index in [1.54, 1.807) is 11.4 Å². The molecule has 178 valence electrons. The molecule has 0 aliphatic carbocycles. The number of nitro benzene ring substituents is 1. The highest BCUT2D eigenvalue weighted by molar-refractivity contribution is 7.94. The van der Waals surface area contributed by atoms with Crippen LogP contribution in [0.4, 0.5) is 17.1 Å². The fraction of sp³-hybridized carbons (Fsp3) is 0.100. The topological polar surface area (TPSA) is 174 Å². The van der Waals surface area contributed by atoms with Crippen molar-refractivity contribution in [1.29, 1.82) is 0 Å². The van der Waals surface area contributed by atoms with Gasteiger partial charge in [-0.05, 0) is 41.8 Å². The number of aromatic hydroxyl groups is 1. The van der Waals surface area contributed by atoms with Crippen LogP contribution in [0.1, 0.15) is 10.4 Å². The molecular formula is C20H17N3O9S2. The van der Waals surface area contributed by atoms with Crippen molar-refractivity contribution < 1.29 is 37.5 Å². The number of sulfonamides is 1. The molecule has 0 unspecified atom stereocenters. The first-order chi connectivity index (χ1) is 16.1. The minimum absolute atomic E-state index is 0.0172. The van der Waals surface area contributed by atoms with Crippen molar-refractivity contribution in [2.24, 2.45) is 0 Å². The van der Waals surface area contributed by atoms with Crippen LogP contribution in [0.2, 0.25) is 0 Å². The molecule has 0 aliphatic rings. The average molecular weight is 508 g/mol. The maximum absolute atomic E-state index is 12.4. The van der Waals surface area contributed by atoms with Gasteiger partial charge in [-0.25, -0.2) is 13.2 Å². The van der Waals surface area contributed by atoms with E-state index in [9.17, 15) is 33.2 Å². The van der Waals surface area contributed by atoms with Crippen molar-refractivity contribution >= 4 is 50.3 Å². The van der Waals surface area contributed by atoms with Crippen LogP contribution in [-0.4, -0.2) is 44.0 Å². The van der Waals surface area contributed by atoms with Crippen LogP contribution in [-0.2, 0) is 19.6 Å². The molecule has 14 heteroatoms. The molecule has 1 amide bonds. The van der Waals surface area contributed by atoms with Crippen molar-refractivity contribution in [1.82, 2.24) is 0 Å². The van der Waals surface area contributed by atoms with Crippen molar-refractivity contribution in [3.8, 4) is 11.5 Å². The number of phenols is 1. The van der Waals surface area contributed by atoms with Crippen LogP contribution in [0.25, 0.3) is 0 Å². The largest absolute Gasteiger partial charge is 0.507 e. The van der Waals surface area contributed by atoms with Gasteiger partial charge in [-0.2, -0.15) is 0 Å². The number of nitrogens with one attached hydrogen (secondary N) is 2. The highest BCUT2D eigenvalue weighted by Gasteiger charge is 2.21. The number of esters is 1. The molecule has 3 rings (SSSR count). The molecule has 0 spiro atoms. The molecule has 34 heavy (non-hydrogen) atoms. The minimum Gasteiger partial charge on any atom is -0.507 e. The molecule has 1 aromatic heterocycles. The number of anilines is 2. The van der Waals surface area contributed by atoms with E-state index in [1.807, 2.05) is 0 Å². The Kier molecular flexibility index (Phi) is 7.33. The maximum Gasteiger partial charge on any atom is 0.342 e. The van der Waals surface area contributed by atoms with E-state index in [0.717, 1.165) is 29.5 Å². The van der Waals surface area contributed by atoms with Gasteiger partial charge in [0.1, 0.15) is 27.0 Å². The Balaban J connectivity index is 1.68. The van der Waals surface area contributed by atoms with Gasteiger partial charge in [0.15, 0.2) is 6.61 Å². The van der Waals surface area contributed by atoms with Gasteiger partial charge in [0.2, 0.25) is 0 Å². The molecule has 0 fully saturated rings. The molecular weight excluding hydrogens is 490 g/mol. The Morgan fingerprint density at radius 3 is 2.59 bits per heavy atom. The van der Waals surface area contributed by atoms with Crippen molar-refractivity contribution in [2.75, 3.05) is 23.8 Å². The zero-order valence-electron chi connectivity index (χ0n) is 17.4. The molecule has 3 N–H and O–H groups in total. The van der Waals surface area contributed by atoms with Crippen LogP contribution in [0.5, 0.6) is 11.5 Å². The number of methoxy groups -OCH3 is 1. The van der Waals surface area contributed by atoms with E-state index in [2.05, 4.69) is 10.0 Å². The third-order valence-electron chi connectivity index (χ3n) is 4.24. The summed E-state index contributed by atoms with van der Waals surface area (Å²) in [6.45, 7) is -0.827. The van der Waals surface area contributed by atoms with Crippen LogP contribution in [0.15, 0.2) is 58.1 Å². The molecule has 1 heterocycles. The maximum atomic E-state index is 12.4. The molecule has 2 aromatic carbocycles. The number of nitro groups is 1. The fourth-order valence-electron chi connectivity index (χ4n) is 2.68. The summed E-state index contributed by atoms with van der Waals surface area (Å²) in [4.78, 5) is 35.0. The van der Waals surface area contributed by atoms with Gasteiger partial charge in [-0.15, -0.1) is 11.3 Å². The van der Waals surface area contributed by atoms with Crippen molar-refractivity contribution in [3.05, 3.63) is 69.6 Å². The summed E-state index contributed by atoms with van der Waals surface area (Å²) in [6.07, 6.45) is 0. The first-order valence-electron chi connectivity index (χ1n) is 9.29. The minimum atomic E-state index is -3.90. The third kappa shape index (κ3) is 5.79. The predicted octanol–water partition coefficient (Wildman–Crippen LogP) is 2.97. The van der Waals surface area contributed by atoms with Crippen molar-refractivity contribution in [3.63, 3.8) is 0 Å². The summed E-state index contributed by atoms with van der Waals surface area (Å²) in [6, 6.07) is 10.1. The Labute approximate surface area is 197 Å². The number of hydrogen-bond acceptors (Lipinski definition) is 10. The van der Waals surface area contributed by atoms with Gasteiger partial charge in [0.25, 0.3) is 21.6 Å². The standard InChI is InChI=1S/C20H17N3O9S2/c1-31-13-5-6-15(16(10-13)23(27)28)21-18(25)11-32-20(26)14-9-12(4-7-17(14)24)22-34(29,30)19-3-2-8-33-19/h2-10,22,24H,11H2,1H3,(H,21,25). The number of rotatable bonds is 9. The molecule has 0 saturated heterocycles. The molecule has 0 saturated carbocycles. The predicted molar refractivity (Wildman–Crippen MR) is 122 cm³/mol. The summed E-state index contributed by atoms with van der Waals surface area (Å²) in [5, 5.41) is 25.0. The lowest BCUT2D eigenvalue weighted by atomic mass is 10.2. The zero-order chi connectivity index (χ0) is 24.9. The van der Waals surface area contributed by atoms with E-state index >= 15 is 0 Å². The summed E-state index contributed by atoms with van der Waals surface area (Å²) in [5.74, 6) is -2.29. The molecule has 0 aliphatic heterocycles. The number of benzene rings is 2. The number of hydrogen-bond donors (Lipinski definition) is 3. The molecule has 0 radical (unpaired) electrons. The molecule has 12 nitrogen and oxygen atoms in total. The highest BCUT2D eigenvalue weighted by atomic mass is 32.2. The van der Waals surface area contributed by atoms with E-state index in [-0.39, 0.29) is 21.3 Å². The fourth-order valence-corrected chi connectivity index (χ4v) is 4.72. The first-order valence-corrected chi connectivity index (χ1v) is 11.7. The van der Waals surface area contributed by atoms with Crippen LogP contribution in [0.3, 0.4) is 0 Å². The summed E-state index contributed by atoms with van der Waals surface area (Å²) in [5.41, 5.74) is -0.979. The number of ether oxygens (including phenoxy) is 2. The first kappa shape index (κ1) is 24.5. The lowest BCUT2D eigenvalue weighted by Gasteiger charge is -2.11. The number of nitrogens with zero attached hydrogens (tertiary/aromatic N) is 1. The number of phenolic OH excluding ortho intramolecular Hbond substituents is 1. The van der Waals surface area contributed by atoms with Crippen LogP contribution in [0, 0.1) is 10.1 Å². The third-order valence-corrected chi connectivity index (χ3v) is 7.02. The van der Waals surface area contributed by atoms with Gasteiger partial charge in [0, 0.05) is 5.69 Å². The summed E-state index contributed by atoms with van der Waals surface area (Å²) >= 11 is 0.994. The number of amides is 1. The van der Waals surface area contributed by atoms with E-state index in [4.69, 9.17) is 9.47 Å². The smallest absolute Gasteiger partial charge is 0.342 e. The van der Waals surface area contributed by atoms with Gasteiger partial charge < -0.3 is 19.9 Å². The van der Waals surface area contributed by atoms with Gasteiger partial charge in [0.05, 0.1) is 18.1 Å². The number of thiophene rings is 1. The van der Waals surface area contributed by atoms with E-state index in [1.165, 1.54) is 31.4 Å². The molecule has 0 bridgehead atoms. The second-order valence-corrected chi connectivity index (χ2v) is 9.39. The van der Waals surface area contributed by atoms with Gasteiger partial charge in [-0.3, -0.25) is 19.6 Å². The Bertz CT molecular complexity index is 1340. The van der Waals surface area contributed by atoms with Gasteiger partial charge >= 0.3 is 5.97 Å². The van der Waals surface area contributed by atoms with Crippen molar-refractivity contribution in [2.45, 2.75) is 4.21 Å². The SMILES string of the molecule is COc1ccc(NC(=O)COC(=O)c2cc(NS(=O)(=O)c3cccs3)ccc2O)c([N+](=O)[O-])c1. The number of carbonyl (C=O) groups excluding carboxylic acids is 2. The highest BCUT2D eigenvalue weighted by Crippen LogP contribution is 2.29. The Hall–Kier alpha value is -4.17. The van der Waals surface area contributed by atoms with E-state index in [0.29, 0.717) is 0 Å². The summed E-state index contributed by atoms with van der Waals surface area (Å²) in [7, 11) is -2.57. The molecule has 3 aromatic rings. The van der Waals surface area contributed by atoms with E-state index < -0.39 is 50.4 Å². The quantitative estimate of drug-likeness (QED) is 0.170. The lowest BCUT2D eigenvalue weighted by molar-refractivity contribution is -0.384. The van der Waals surface area contributed by atoms with Crippen LogP contribution < -0.4 is 14.8 Å². The molecule has 0 atom stereocenters.